The smallest absolute Gasteiger partial charge is 0.246 e. The van der Waals surface area contributed by atoms with E-state index in [4.69, 9.17) is 4.52 Å². The number of hydrogen-bond donors (Lipinski definition) is 1. The fourth-order valence-electron chi connectivity index (χ4n) is 3.31. The average Bonchev–Trinajstić information content (AvgIpc) is 3.03. The second-order valence-corrected chi connectivity index (χ2v) is 6.11. The molecule has 0 aromatic carbocycles. The molecule has 2 saturated carbocycles. The molecule has 2 fully saturated rings. The van der Waals surface area contributed by atoms with Crippen LogP contribution in [0.25, 0.3) is 0 Å². The molecular weight excluding hydrogens is 214 g/mol. The molecule has 94 valence electrons. The quantitative estimate of drug-likeness (QED) is 0.874. The summed E-state index contributed by atoms with van der Waals surface area (Å²) in [4.78, 5) is 4.61. The third-order valence-electron chi connectivity index (χ3n) is 4.67. The van der Waals surface area contributed by atoms with Crippen molar-refractivity contribution in [2.45, 2.75) is 51.0 Å². The van der Waals surface area contributed by atoms with Crippen molar-refractivity contribution >= 4 is 0 Å². The fourth-order valence-corrected chi connectivity index (χ4v) is 3.31. The molecule has 0 amide bonds. The first-order valence-corrected chi connectivity index (χ1v) is 6.63. The van der Waals surface area contributed by atoms with E-state index in [2.05, 4.69) is 29.3 Å². The van der Waals surface area contributed by atoms with Crippen LogP contribution in [0.1, 0.15) is 57.2 Å². The van der Waals surface area contributed by atoms with Gasteiger partial charge in [-0.15, -0.1) is 0 Å². The van der Waals surface area contributed by atoms with Crippen LogP contribution in [0.15, 0.2) is 4.52 Å². The van der Waals surface area contributed by atoms with Gasteiger partial charge in [0.05, 0.1) is 5.54 Å². The van der Waals surface area contributed by atoms with E-state index in [1.807, 2.05) is 7.05 Å². The molecule has 3 atom stereocenters. The molecule has 4 nitrogen and oxygen atoms in total. The lowest BCUT2D eigenvalue weighted by Gasteiger charge is -2.19. The van der Waals surface area contributed by atoms with Crippen molar-refractivity contribution < 1.29 is 4.52 Å². The van der Waals surface area contributed by atoms with Crippen molar-refractivity contribution in [2.75, 3.05) is 7.05 Å². The Labute approximate surface area is 102 Å². The summed E-state index contributed by atoms with van der Waals surface area (Å²) in [6, 6.07) is 0. The monoisotopic (exact) mass is 235 g/mol. The molecule has 2 aliphatic rings. The van der Waals surface area contributed by atoms with Crippen LogP contribution in [0.5, 0.6) is 0 Å². The number of nitrogens with zero attached hydrogens (tertiary/aromatic N) is 2. The van der Waals surface area contributed by atoms with Crippen LogP contribution in [0.2, 0.25) is 0 Å². The Morgan fingerprint density at radius 3 is 2.71 bits per heavy atom. The lowest BCUT2D eigenvalue weighted by atomic mass is 9.88. The Morgan fingerprint density at radius 1 is 1.29 bits per heavy atom. The lowest BCUT2D eigenvalue weighted by Crippen LogP contribution is -2.33. The molecule has 17 heavy (non-hydrogen) atoms. The summed E-state index contributed by atoms with van der Waals surface area (Å²) in [6.45, 7) is 4.12. The molecule has 1 heterocycles. The molecule has 1 aromatic rings. The third-order valence-corrected chi connectivity index (χ3v) is 4.67. The van der Waals surface area contributed by atoms with Crippen LogP contribution in [0.4, 0.5) is 0 Å². The maximum Gasteiger partial charge on any atom is 0.246 e. The molecular formula is C13H21N3O. The van der Waals surface area contributed by atoms with Gasteiger partial charge in [0.2, 0.25) is 5.89 Å². The minimum Gasteiger partial charge on any atom is -0.337 e. The van der Waals surface area contributed by atoms with E-state index < -0.39 is 0 Å². The summed E-state index contributed by atoms with van der Waals surface area (Å²) in [5, 5.41) is 7.40. The molecule has 2 aliphatic carbocycles. The number of rotatable bonds is 3. The highest BCUT2D eigenvalue weighted by Crippen LogP contribution is 2.52. The fraction of sp³-hybridized carbons (Fsp3) is 0.846. The van der Waals surface area contributed by atoms with Gasteiger partial charge in [-0.25, -0.2) is 0 Å². The van der Waals surface area contributed by atoms with E-state index in [1.54, 1.807) is 0 Å². The van der Waals surface area contributed by atoms with Crippen LogP contribution in [-0.2, 0) is 5.54 Å². The van der Waals surface area contributed by atoms with Crippen LogP contribution >= 0.6 is 0 Å². The summed E-state index contributed by atoms with van der Waals surface area (Å²) in [7, 11) is 1.92. The molecule has 0 radical (unpaired) electrons. The molecule has 0 aliphatic heterocycles. The first-order valence-electron chi connectivity index (χ1n) is 6.63. The summed E-state index contributed by atoms with van der Waals surface area (Å²) in [5.41, 5.74) is -0.233. The summed E-state index contributed by atoms with van der Waals surface area (Å²) >= 11 is 0. The highest BCUT2D eigenvalue weighted by Gasteiger charge is 2.42. The molecule has 0 saturated heterocycles. The zero-order valence-electron chi connectivity index (χ0n) is 10.9. The van der Waals surface area contributed by atoms with Gasteiger partial charge in [-0.1, -0.05) is 11.6 Å². The average molecular weight is 235 g/mol. The van der Waals surface area contributed by atoms with E-state index in [-0.39, 0.29) is 5.54 Å². The zero-order chi connectivity index (χ0) is 12.0. The SMILES string of the molecule is CNC(C)(C)c1nc(C2CC3CCC2C3)no1. The Hall–Kier alpha value is -0.900. The predicted molar refractivity (Wildman–Crippen MR) is 64.6 cm³/mol. The Bertz CT molecular complexity index is 413. The van der Waals surface area contributed by atoms with Gasteiger partial charge in [0.15, 0.2) is 5.82 Å². The second-order valence-electron chi connectivity index (χ2n) is 6.11. The highest BCUT2D eigenvalue weighted by atomic mass is 16.5. The minimum atomic E-state index is -0.233. The number of nitrogens with one attached hydrogen (secondary N) is 1. The van der Waals surface area contributed by atoms with E-state index >= 15 is 0 Å². The van der Waals surface area contributed by atoms with Gasteiger partial charge in [0, 0.05) is 5.92 Å². The van der Waals surface area contributed by atoms with Gasteiger partial charge in [-0.05, 0) is 52.0 Å². The van der Waals surface area contributed by atoms with E-state index in [0.717, 1.165) is 17.7 Å². The molecule has 3 unspecified atom stereocenters. The number of fused-ring (bicyclic) bond motifs is 2. The van der Waals surface area contributed by atoms with Gasteiger partial charge < -0.3 is 9.84 Å². The van der Waals surface area contributed by atoms with Crippen molar-refractivity contribution in [2.24, 2.45) is 11.8 Å². The minimum absolute atomic E-state index is 0.233. The molecule has 3 rings (SSSR count). The van der Waals surface area contributed by atoms with Gasteiger partial charge in [0.25, 0.3) is 0 Å². The van der Waals surface area contributed by atoms with Crippen LogP contribution in [0, 0.1) is 11.8 Å². The zero-order valence-corrected chi connectivity index (χ0v) is 10.9. The Morgan fingerprint density at radius 2 is 2.12 bits per heavy atom. The summed E-state index contributed by atoms with van der Waals surface area (Å²) in [6.07, 6.45) is 5.41. The maximum atomic E-state index is 5.42. The largest absolute Gasteiger partial charge is 0.337 e. The maximum absolute atomic E-state index is 5.42. The molecule has 0 spiro atoms. The lowest BCUT2D eigenvalue weighted by molar-refractivity contribution is 0.277. The highest BCUT2D eigenvalue weighted by molar-refractivity contribution is 5.08. The van der Waals surface area contributed by atoms with Crippen LogP contribution in [0.3, 0.4) is 0 Å². The van der Waals surface area contributed by atoms with E-state index in [0.29, 0.717) is 11.8 Å². The first kappa shape index (κ1) is 11.2. The molecule has 4 heteroatoms. The molecule has 1 aromatic heterocycles. The van der Waals surface area contributed by atoms with E-state index in [1.165, 1.54) is 25.7 Å². The molecule has 1 N–H and O–H groups in total. The predicted octanol–water partition coefficient (Wildman–Crippen LogP) is 2.43. The van der Waals surface area contributed by atoms with Crippen LogP contribution < -0.4 is 5.32 Å². The third kappa shape index (κ3) is 1.79. The van der Waals surface area contributed by atoms with Crippen molar-refractivity contribution in [1.82, 2.24) is 15.5 Å². The summed E-state index contributed by atoms with van der Waals surface area (Å²) in [5.74, 6) is 3.93. The van der Waals surface area contributed by atoms with Gasteiger partial charge >= 0.3 is 0 Å². The standard InChI is InChI=1S/C13H21N3O/c1-13(2,14-3)12-15-11(16-17-12)10-7-8-4-5-9(10)6-8/h8-10,14H,4-7H2,1-3H3. The Kier molecular flexibility index (Phi) is 2.51. The normalized spacial score (nSPS) is 32.3. The van der Waals surface area contributed by atoms with Crippen molar-refractivity contribution in [3.63, 3.8) is 0 Å². The molecule has 2 bridgehead atoms. The van der Waals surface area contributed by atoms with Gasteiger partial charge in [-0.2, -0.15) is 4.98 Å². The van der Waals surface area contributed by atoms with Crippen LogP contribution in [-0.4, -0.2) is 17.2 Å². The Balaban J connectivity index is 1.81. The van der Waals surface area contributed by atoms with Gasteiger partial charge in [0.1, 0.15) is 0 Å². The second kappa shape index (κ2) is 3.80. The van der Waals surface area contributed by atoms with E-state index in [9.17, 15) is 0 Å². The number of aromatic nitrogens is 2. The first-order chi connectivity index (χ1) is 8.10. The number of hydrogen-bond acceptors (Lipinski definition) is 4. The van der Waals surface area contributed by atoms with Gasteiger partial charge in [-0.3, -0.25) is 0 Å². The van der Waals surface area contributed by atoms with Crippen molar-refractivity contribution in [3.05, 3.63) is 11.7 Å². The van der Waals surface area contributed by atoms with Crippen molar-refractivity contribution in [3.8, 4) is 0 Å². The topological polar surface area (TPSA) is 51.0 Å². The van der Waals surface area contributed by atoms with Crippen molar-refractivity contribution in [1.29, 1.82) is 0 Å². The summed E-state index contributed by atoms with van der Waals surface area (Å²) < 4.78 is 5.42.